The number of aliphatic hydroxyl groups excluding tert-OH is 1. The monoisotopic (exact) mass is 201 g/mol. The van der Waals surface area contributed by atoms with Crippen LogP contribution in [0.25, 0.3) is 0 Å². The van der Waals surface area contributed by atoms with Crippen molar-refractivity contribution in [3.05, 3.63) is 12.2 Å². The van der Waals surface area contributed by atoms with Crippen LogP contribution in [0.2, 0.25) is 0 Å². The third kappa shape index (κ3) is 7.30. The molecule has 0 radical (unpaired) electrons. The molecular weight excluding hydrogens is 186 g/mol. The minimum atomic E-state index is -1.16. The molecule has 0 aliphatic carbocycles. The lowest BCUT2D eigenvalue weighted by Gasteiger charge is -2.06. The van der Waals surface area contributed by atoms with Crippen molar-refractivity contribution in [2.75, 3.05) is 6.54 Å². The van der Waals surface area contributed by atoms with Gasteiger partial charge in [0.2, 0.25) is 5.91 Å². The molecule has 1 unspecified atom stereocenters. The lowest BCUT2D eigenvalue weighted by molar-refractivity contribution is -0.131. The number of carboxylic acids is 1. The molecule has 0 aromatic heterocycles. The summed E-state index contributed by atoms with van der Waals surface area (Å²) < 4.78 is 0. The Hall–Kier alpha value is -1.36. The molecule has 0 aliphatic heterocycles. The number of carboxylic acid groups (broad SMARTS) is 1. The fourth-order valence-electron chi connectivity index (χ4n) is 0.772. The Labute approximate surface area is 82.4 Å². The molecule has 5 heteroatoms. The normalized spacial score (nSPS) is 12.7. The number of rotatable bonds is 6. The molecule has 0 spiro atoms. The van der Waals surface area contributed by atoms with Crippen molar-refractivity contribution in [2.45, 2.75) is 25.9 Å². The summed E-state index contributed by atoms with van der Waals surface area (Å²) in [5.41, 5.74) is 0. The number of carbonyl (C=O) groups excluding carboxylic acids is 1. The van der Waals surface area contributed by atoms with Crippen LogP contribution in [-0.4, -0.2) is 34.7 Å². The zero-order chi connectivity index (χ0) is 11.0. The Morgan fingerprint density at radius 2 is 2.07 bits per heavy atom. The second-order valence-corrected chi connectivity index (χ2v) is 2.81. The van der Waals surface area contributed by atoms with Gasteiger partial charge in [0.15, 0.2) is 0 Å². The van der Waals surface area contributed by atoms with Gasteiger partial charge in [-0.15, -0.1) is 0 Å². The molecule has 0 aromatic rings. The molecule has 0 aliphatic rings. The lowest BCUT2D eigenvalue weighted by Crippen LogP contribution is -2.25. The summed E-state index contributed by atoms with van der Waals surface area (Å²) in [4.78, 5) is 20.9. The Kier molecular flexibility index (Phi) is 6.39. The third-order valence-electron chi connectivity index (χ3n) is 1.63. The smallest absolute Gasteiger partial charge is 0.328 e. The first-order chi connectivity index (χ1) is 6.56. The largest absolute Gasteiger partial charge is 0.478 e. The second kappa shape index (κ2) is 7.08. The van der Waals surface area contributed by atoms with Crippen molar-refractivity contribution in [1.29, 1.82) is 0 Å². The highest BCUT2D eigenvalue weighted by atomic mass is 16.4. The highest BCUT2D eigenvalue weighted by molar-refractivity contribution is 5.93. The van der Waals surface area contributed by atoms with Gasteiger partial charge in [-0.25, -0.2) is 4.79 Å². The molecule has 0 rings (SSSR count). The average molecular weight is 201 g/mol. The summed E-state index contributed by atoms with van der Waals surface area (Å²) in [7, 11) is 0. The Morgan fingerprint density at radius 1 is 1.43 bits per heavy atom. The first-order valence-electron chi connectivity index (χ1n) is 4.43. The van der Waals surface area contributed by atoms with Crippen LogP contribution < -0.4 is 5.32 Å². The van der Waals surface area contributed by atoms with Crippen LogP contribution in [0, 0.1) is 0 Å². The molecule has 1 atom stereocenters. The van der Waals surface area contributed by atoms with Crippen molar-refractivity contribution in [3.63, 3.8) is 0 Å². The molecule has 14 heavy (non-hydrogen) atoms. The maximum Gasteiger partial charge on any atom is 0.328 e. The van der Waals surface area contributed by atoms with Crippen molar-refractivity contribution < 1.29 is 19.8 Å². The molecule has 0 heterocycles. The molecule has 0 fully saturated rings. The maximum absolute atomic E-state index is 10.9. The fourth-order valence-corrected chi connectivity index (χ4v) is 0.772. The van der Waals surface area contributed by atoms with Crippen molar-refractivity contribution in [2.24, 2.45) is 0 Å². The van der Waals surface area contributed by atoms with E-state index in [1.54, 1.807) is 0 Å². The van der Waals surface area contributed by atoms with E-state index in [9.17, 15) is 9.59 Å². The lowest BCUT2D eigenvalue weighted by atomic mass is 10.2. The molecule has 0 bridgehead atoms. The van der Waals surface area contributed by atoms with Gasteiger partial charge in [0.05, 0.1) is 6.10 Å². The zero-order valence-electron chi connectivity index (χ0n) is 8.06. The summed E-state index contributed by atoms with van der Waals surface area (Å²) in [6.07, 6.45) is 2.41. The first-order valence-corrected chi connectivity index (χ1v) is 4.43. The minimum Gasteiger partial charge on any atom is -0.478 e. The summed E-state index contributed by atoms with van der Waals surface area (Å²) >= 11 is 0. The molecule has 0 saturated carbocycles. The van der Waals surface area contributed by atoms with Gasteiger partial charge in [-0.05, 0) is 12.8 Å². The van der Waals surface area contributed by atoms with Gasteiger partial charge in [-0.1, -0.05) is 6.92 Å². The average Bonchev–Trinajstić information content (AvgIpc) is 2.14. The van der Waals surface area contributed by atoms with Crippen LogP contribution >= 0.6 is 0 Å². The topological polar surface area (TPSA) is 86.6 Å². The van der Waals surface area contributed by atoms with Gasteiger partial charge in [0, 0.05) is 18.7 Å². The SMILES string of the molecule is CCC(O)CCNC(=O)/C=C/C(=O)O. The maximum atomic E-state index is 10.9. The fraction of sp³-hybridized carbons (Fsp3) is 0.556. The van der Waals surface area contributed by atoms with Crippen LogP contribution in [0.15, 0.2) is 12.2 Å². The number of aliphatic carboxylic acids is 1. The van der Waals surface area contributed by atoms with Gasteiger partial charge in [-0.3, -0.25) is 4.79 Å². The first kappa shape index (κ1) is 12.6. The summed E-state index contributed by atoms with van der Waals surface area (Å²) in [5, 5.41) is 19.8. The Balaban J connectivity index is 3.59. The Bertz CT molecular complexity index is 225. The van der Waals surface area contributed by atoms with Gasteiger partial charge < -0.3 is 15.5 Å². The van der Waals surface area contributed by atoms with Crippen molar-refractivity contribution in [1.82, 2.24) is 5.32 Å². The Morgan fingerprint density at radius 3 is 2.57 bits per heavy atom. The van der Waals surface area contributed by atoms with E-state index in [1.165, 1.54) is 0 Å². The van der Waals surface area contributed by atoms with Crippen LogP contribution in [0.4, 0.5) is 0 Å². The van der Waals surface area contributed by atoms with E-state index in [4.69, 9.17) is 10.2 Å². The molecule has 5 nitrogen and oxygen atoms in total. The van der Waals surface area contributed by atoms with Gasteiger partial charge in [0.25, 0.3) is 0 Å². The van der Waals surface area contributed by atoms with Crippen LogP contribution in [0.1, 0.15) is 19.8 Å². The van der Waals surface area contributed by atoms with E-state index in [0.717, 1.165) is 12.2 Å². The molecule has 0 aromatic carbocycles. The van der Waals surface area contributed by atoms with Crippen molar-refractivity contribution in [3.8, 4) is 0 Å². The highest BCUT2D eigenvalue weighted by Crippen LogP contribution is 1.93. The van der Waals surface area contributed by atoms with E-state index in [0.29, 0.717) is 19.4 Å². The number of amides is 1. The molecule has 3 N–H and O–H groups in total. The van der Waals surface area contributed by atoms with Crippen LogP contribution in [0.5, 0.6) is 0 Å². The van der Waals surface area contributed by atoms with Gasteiger partial charge in [0.1, 0.15) is 0 Å². The number of hydrogen-bond donors (Lipinski definition) is 3. The summed E-state index contributed by atoms with van der Waals surface area (Å²) in [6, 6.07) is 0. The van der Waals surface area contributed by atoms with E-state index in [1.807, 2.05) is 6.92 Å². The molecule has 1 amide bonds. The van der Waals surface area contributed by atoms with E-state index < -0.39 is 18.0 Å². The predicted molar refractivity (Wildman–Crippen MR) is 50.7 cm³/mol. The van der Waals surface area contributed by atoms with Crippen LogP contribution in [-0.2, 0) is 9.59 Å². The quantitative estimate of drug-likeness (QED) is 0.524. The second-order valence-electron chi connectivity index (χ2n) is 2.81. The highest BCUT2D eigenvalue weighted by Gasteiger charge is 2.01. The number of nitrogens with one attached hydrogen (secondary N) is 1. The third-order valence-corrected chi connectivity index (χ3v) is 1.63. The number of carbonyl (C=O) groups is 2. The molecule has 0 saturated heterocycles. The van der Waals surface area contributed by atoms with Gasteiger partial charge in [-0.2, -0.15) is 0 Å². The minimum absolute atomic E-state index is 0.345. The number of aliphatic hydroxyl groups is 1. The van der Waals surface area contributed by atoms with E-state index in [2.05, 4.69) is 5.32 Å². The van der Waals surface area contributed by atoms with E-state index >= 15 is 0 Å². The molecular formula is C9H15NO4. The zero-order valence-corrected chi connectivity index (χ0v) is 8.06. The number of hydrogen-bond acceptors (Lipinski definition) is 3. The summed E-state index contributed by atoms with van der Waals surface area (Å²) in [5.74, 6) is -1.62. The van der Waals surface area contributed by atoms with E-state index in [-0.39, 0.29) is 0 Å². The molecule has 80 valence electrons. The van der Waals surface area contributed by atoms with Crippen LogP contribution in [0.3, 0.4) is 0 Å². The standard InChI is InChI=1S/C9H15NO4/c1-2-7(11)5-6-10-8(12)3-4-9(13)14/h3-4,7,11H,2,5-6H2,1H3,(H,10,12)(H,13,14)/b4-3+. The summed E-state index contributed by atoms with van der Waals surface area (Å²) in [6.45, 7) is 2.19. The van der Waals surface area contributed by atoms with Gasteiger partial charge >= 0.3 is 5.97 Å². The predicted octanol–water partition coefficient (Wildman–Crippen LogP) is -0.0956. The van der Waals surface area contributed by atoms with Crippen molar-refractivity contribution >= 4 is 11.9 Å².